The van der Waals surface area contributed by atoms with Crippen LogP contribution in [-0.4, -0.2) is 6.54 Å². The molecule has 0 heterocycles. The van der Waals surface area contributed by atoms with Crippen molar-refractivity contribution in [1.29, 1.82) is 0 Å². The number of benzene rings is 2. The van der Waals surface area contributed by atoms with Crippen molar-refractivity contribution in [2.24, 2.45) is 0 Å². The van der Waals surface area contributed by atoms with Crippen molar-refractivity contribution in [3.63, 3.8) is 0 Å². The monoisotopic (exact) mass is 281 g/mol. The number of rotatable bonds is 6. The van der Waals surface area contributed by atoms with E-state index in [1.165, 1.54) is 16.7 Å². The van der Waals surface area contributed by atoms with Crippen LogP contribution in [0.1, 0.15) is 62.3 Å². The minimum Gasteiger partial charge on any atom is -0.310 e. The SMILES string of the molecule is CCNC(c1ccc(C(C)C)cc1)C(C)c1ccccc1. The molecule has 0 aromatic heterocycles. The van der Waals surface area contributed by atoms with Gasteiger partial charge in [-0.3, -0.25) is 0 Å². The lowest BCUT2D eigenvalue weighted by molar-refractivity contribution is 0.479. The number of hydrogen-bond donors (Lipinski definition) is 1. The van der Waals surface area contributed by atoms with Crippen molar-refractivity contribution in [1.82, 2.24) is 5.32 Å². The standard InChI is InChI=1S/C20H27N/c1-5-21-20(16(4)18-9-7-6-8-10-18)19-13-11-17(12-14-19)15(2)3/h6-16,20-21H,5H2,1-4H3. The summed E-state index contributed by atoms with van der Waals surface area (Å²) in [4.78, 5) is 0. The Morgan fingerprint density at radius 1 is 0.762 bits per heavy atom. The molecule has 0 aliphatic rings. The maximum absolute atomic E-state index is 3.65. The molecule has 112 valence electrons. The van der Waals surface area contributed by atoms with Crippen LogP contribution in [0.15, 0.2) is 54.6 Å². The predicted molar refractivity (Wildman–Crippen MR) is 91.8 cm³/mol. The van der Waals surface area contributed by atoms with Gasteiger partial charge in [0.15, 0.2) is 0 Å². The minimum atomic E-state index is 0.360. The van der Waals surface area contributed by atoms with Gasteiger partial charge in [-0.25, -0.2) is 0 Å². The van der Waals surface area contributed by atoms with Gasteiger partial charge in [0, 0.05) is 12.0 Å². The second-order valence-corrected chi connectivity index (χ2v) is 6.06. The summed E-state index contributed by atoms with van der Waals surface area (Å²) in [6, 6.07) is 20.2. The van der Waals surface area contributed by atoms with Crippen molar-refractivity contribution in [3.8, 4) is 0 Å². The second-order valence-electron chi connectivity index (χ2n) is 6.06. The molecule has 0 bridgehead atoms. The minimum absolute atomic E-state index is 0.360. The lowest BCUT2D eigenvalue weighted by atomic mass is 9.87. The molecule has 0 amide bonds. The fourth-order valence-corrected chi connectivity index (χ4v) is 2.84. The van der Waals surface area contributed by atoms with Gasteiger partial charge >= 0.3 is 0 Å². The maximum atomic E-state index is 3.65. The summed E-state index contributed by atoms with van der Waals surface area (Å²) in [5.41, 5.74) is 4.16. The molecule has 2 unspecified atom stereocenters. The molecule has 2 aromatic carbocycles. The Balaban J connectivity index is 2.26. The molecule has 2 rings (SSSR count). The first-order valence-electron chi connectivity index (χ1n) is 8.01. The highest BCUT2D eigenvalue weighted by molar-refractivity contribution is 5.31. The summed E-state index contributed by atoms with van der Waals surface area (Å²) in [7, 11) is 0. The van der Waals surface area contributed by atoms with Crippen LogP contribution in [0.5, 0.6) is 0 Å². The first kappa shape index (κ1) is 15.8. The molecule has 0 saturated heterocycles. The summed E-state index contributed by atoms with van der Waals surface area (Å²) in [5.74, 6) is 1.04. The van der Waals surface area contributed by atoms with E-state index in [1.807, 2.05) is 0 Å². The van der Waals surface area contributed by atoms with E-state index in [-0.39, 0.29) is 0 Å². The van der Waals surface area contributed by atoms with E-state index in [1.54, 1.807) is 0 Å². The molecule has 0 spiro atoms. The first-order valence-corrected chi connectivity index (χ1v) is 8.01. The number of likely N-dealkylation sites (N-methyl/N-ethyl adjacent to an activating group) is 1. The molecule has 0 aliphatic heterocycles. The Labute approximate surface area is 129 Å². The molecular formula is C20H27N. The third-order valence-electron chi connectivity index (χ3n) is 4.21. The molecule has 1 N–H and O–H groups in total. The van der Waals surface area contributed by atoms with Gasteiger partial charge in [0.05, 0.1) is 0 Å². The number of hydrogen-bond acceptors (Lipinski definition) is 1. The van der Waals surface area contributed by atoms with Gasteiger partial charge in [-0.2, -0.15) is 0 Å². The van der Waals surface area contributed by atoms with Crippen LogP contribution in [0.2, 0.25) is 0 Å². The predicted octanol–water partition coefficient (Wildman–Crippen LogP) is 5.26. The first-order chi connectivity index (χ1) is 10.1. The summed E-state index contributed by atoms with van der Waals surface area (Å²) in [6.45, 7) is 9.94. The zero-order valence-electron chi connectivity index (χ0n) is 13.6. The topological polar surface area (TPSA) is 12.0 Å². The highest BCUT2D eigenvalue weighted by atomic mass is 14.9. The molecule has 1 nitrogen and oxygen atoms in total. The maximum Gasteiger partial charge on any atom is 0.0386 e. The van der Waals surface area contributed by atoms with Gasteiger partial charge in [0.25, 0.3) is 0 Å². The summed E-state index contributed by atoms with van der Waals surface area (Å²) >= 11 is 0. The van der Waals surface area contributed by atoms with Crippen molar-refractivity contribution in [3.05, 3.63) is 71.3 Å². The Bertz CT molecular complexity index is 528. The summed E-state index contributed by atoms with van der Waals surface area (Å²) in [5, 5.41) is 3.65. The Hall–Kier alpha value is -1.60. The lowest BCUT2D eigenvalue weighted by Gasteiger charge is -2.26. The van der Waals surface area contributed by atoms with E-state index >= 15 is 0 Å². The molecular weight excluding hydrogens is 254 g/mol. The van der Waals surface area contributed by atoms with Gasteiger partial charge in [0.1, 0.15) is 0 Å². The van der Waals surface area contributed by atoms with Crippen LogP contribution in [0, 0.1) is 0 Å². The molecule has 0 radical (unpaired) electrons. The van der Waals surface area contributed by atoms with E-state index in [0.29, 0.717) is 17.9 Å². The van der Waals surface area contributed by atoms with Crippen LogP contribution < -0.4 is 5.32 Å². The van der Waals surface area contributed by atoms with Crippen molar-refractivity contribution in [2.75, 3.05) is 6.54 Å². The van der Waals surface area contributed by atoms with E-state index in [0.717, 1.165) is 6.54 Å². The molecule has 2 atom stereocenters. The van der Waals surface area contributed by atoms with Crippen LogP contribution in [0.4, 0.5) is 0 Å². The highest BCUT2D eigenvalue weighted by Gasteiger charge is 2.19. The average molecular weight is 281 g/mol. The van der Waals surface area contributed by atoms with Crippen LogP contribution in [0.25, 0.3) is 0 Å². The second kappa shape index (κ2) is 7.42. The van der Waals surface area contributed by atoms with Crippen LogP contribution >= 0.6 is 0 Å². The molecule has 0 aliphatic carbocycles. The zero-order chi connectivity index (χ0) is 15.2. The number of nitrogens with one attached hydrogen (secondary N) is 1. The molecule has 0 fully saturated rings. The lowest BCUT2D eigenvalue weighted by Crippen LogP contribution is -2.25. The zero-order valence-corrected chi connectivity index (χ0v) is 13.6. The summed E-state index contributed by atoms with van der Waals surface area (Å²) in [6.07, 6.45) is 0. The quantitative estimate of drug-likeness (QED) is 0.761. The van der Waals surface area contributed by atoms with Crippen molar-refractivity contribution >= 4 is 0 Å². The smallest absolute Gasteiger partial charge is 0.0386 e. The van der Waals surface area contributed by atoms with Crippen molar-refractivity contribution < 1.29 is 0 Å². The average Bonchev–Trinajstić information content (AvgIpc) is 2.53. The molecule has 21 heavy (non-hydrogen) atoms. The van der Waals surface area contributed by atoms with Gasteiger partial charge in [0.2, 0.25) is 0 Å². The fourth-order valence-electron chi connectivity index (χ4n) is 2.84. The Kier molecular flexibility index (Phi) is 5.58. The molecule has 1 heteroatoms. The van der Waals surface area contributed by atoms with E-state index in [9.17, 15) is 0 Å². The van der Waals surface area contributed by atoms with Crippen LogP contribution in [-0.2, 0) is 0 Å². The van der Waals surface area contributed by atoms with Gasteiger partial charge in [-0.1, -0.05) is 82.3 Å². The highest BCUT2D eigenvalue weighted by Crippen LogP contribution is 2.31. The van der Waals surface area contributed by atoms with E-state index < -0.39 is 0 Å². The van der Waals surface area contributed by atoms with Crippen molar-refractivity contribution in [2.45, 2.75) is 45.6 Å². The Morgan fingerprint density at radius 2 is 1.33 bits per heavy atom. The molecule has 2 aromatic rings. The van der Waals surface area contributed by atoms with Gasteiger partial charge in [-0.05, 0) is 29.2 Å². The third kappa shape index (κ3) is 3.95. The van der Waals surface area contributed by atoms with Gasteiger partial charge < -0.3 is 5.32 Å². The van der Waals surface area contributed by atoms with Gasteiger partial charge in [-0.15, -0.1) is 0 Å². The Morgan fingerprint density at radius 3 is 1.86 bits per heavy atom. The summed E-state index contributed by atoms with van der Waals surface area (Å²) < 4.78 is 0. The normalized spacial score (nSPS) is 14.1. The fraction of sp³-hybridized carbons (Fsp3) is 0.400. The third-order valence-corrected chi connectivity index (χ3v) is 4.21. The van der Waals surface area contributed by atoms with E-state index in [4.69, 9.17) is 0 Å². The largest absolute Gasteiger partial charge is 0.310 e. The van der Waals surface area contributed by atoms with Crippen LogP contribution in [0.3, 0.4) is 0 Å². The van der Waals surface area contributed by atoms with E-state index in [2.05, 4.69) is 87.6 Å². The molecule has 0 saturated carbocycles.